The molecule has 0 radical (unpaired) electrons. The lowest BCUT2D eigenvalue weighted by Crippen LogP contribution is -2.38. The Morgan fingerprint density at radius 3 is 2.79 bits per heavy atom. The van der Waals surface area contributed by atoms with Crippen molar-refractivity contribution in [1.82, 2.24) is 34.5 Å². The Labute approximate surface area is 191 Å². The van der Waals surface area contributed by atoms with E-state index < -0.39 is 24.0 Å². The molecular weight excluding hydrogens is 456 g/mol. The number of anilines is 1. The molecule has 13 heteroatoms. The molecule has 4 heterocycles. The molecule has 0 aliphatic carbocycles. The summed E-state index contributed by atoms with van der Waals surface area (Å²) in [5.41, 5.74) is 1.89. The number of nitrogens with one attached hydrogen (secondary N) is 1. The minimum atomic E-state index is -2.98. The molecule has 2 atom stereocenters. The molecule has 34 heavy (non-hydrogen) atoms. The van der Waals surface area contributed by atoms with Crippen molar-refractivity contribution in [3.8, 4) is 17.0 Å². The molecule has 0 unspecified atom stereocenters. The molecule has 1 fully saturated rings. The fraction of sp³-hybridized carbons (Fsp3) is 0.429. The van der Waals surface area contributed by atoms with Crippen LogP contribution in [0, 0.1) is 5.82 Å². The number of hydrogen-bond acceptors (Lipinski definition) is 7. The van der Waals surface area contributed by atoms with E-state index >= 15 is 4.39 Å². The molecule has 0 saturated carbocycles. The van der Waals surface area contributed by atoms with Crippen LogP contribution in [0.4, 0.5) is 23.5 Å². The van der Waals surface area contributed by atoms with Crippen molar-refractivity contribution in [2.45, 2.75) is 31.6 Å². The summed E-state index contributed by atoms with van der Waals surface area (Å²) in [5, 5.41) is 14.8. The smallest absolute Gasteiger partial charge is 0.281 e. The van der Waals surface area contributed by atoms with Crippen molar-refractivity contribution < 1.29 is 22.3 Å². The SMILES string of the molecule is COc1nc(N[C@@H]2CN(C)CC2(F)F)nn2cc(F)c(-c3ccc4nnn(C[C@@H](C)F)c4c3)c12. The average Bonchev–Trinajstić information content (AvgIpc) is 3.39. The number of ether oxygens (including phenoxy) is 1. The minimum Gasteiger partial charge on any atom is -0.479 e. The van der Waals surface area contributed by atoms with Crippen molar-refractivity contribution in [1.29, 1.82) is 0 Å². The number of alkyl halides is 3. The van der Waals surface area contributed by atoms with E-state index in [1.54, 1.807) is 25.2 Å². The molecule has 1 saturated heterocycles. The number of rotatable bonds is 6. The van der Waals surface area contributed by atoms with Crippen LogP contribution in [0.25, 0.3) is 27.7 Å². The van der Waals surface area contributed by atoms with Crippen LogP contribution in [0.15, 0.2) is 24.4 Å². The van der Waals surface area contributed by atoms with Crippen LogP contribution in [-0.4, -0.2) is 79.9 Å². The summed E-state index contributed by atoms with van der Waals surface area (Å²) in [6.07, 6.45) is -0.0189. The standard InChI is InChI=1S/C21H22F4N8O/c1-11(22)7-32-15-6-12(4-5-14(15)28-30-32)17-13(23)8-33-18(17)19(34-3)27-20(29-33)26-16-9-31(2)10-21(16,24)25/h4-6,8,11,16H,7,9-10H2,1-3H3,(H,26,29)/t11-,16-/m1/s1. The van der Waals surface area contributed by atoms with E-state index in [0.29, 0.717) is 16.6 Å². The fourth-order valence-electron chi connectivity index (χ4n) is 4.28. The maximum atomic E-state index is 15.2. The first-order valence-corrected chi connectivity index (χ1v) is 10.6. The van der Waals surface area contributed by atoms with Gasteiger partial charge in [0.25, 0.3) is 5.92 Å². The predicted octanol–water partition coefficient (Wildman–Crippen LogP) is 3.01. The van der Waals surface area contributed by atoms with E-state index in [1.807, 2.05) is 0 Å². The van der Waals surface area contributed by atoms with Gasteiger partial charge in [-0.05, 0) is 31.7 Å². The van der Waals surface area contributed by atoms with Gasteiger partial charge in [0, 0.05) is 6.54 Å². The summed E-state index contributed by atoms with van der Waals surface area (Å²) < 4.78 is 65.2. The Kier molecular flexibility index (Phi) is 5.30. The fourth-order valence-corrected chi connectivity index (χ4v) is 4.28. The summed E-state index contributed by atoms with van der Waals surface area (Å²) in [6, 6.07) is 3.75. The van der Waals surface area contributed by atoms with Gasteiger partial charge < -0.3 is 10.1 Å². The van der Waals surface area contributed by atoms with E-state index in [4.69, 9.17) is 4.74 Å². The Balaban J connectivity index is 1.58. The maximum Gasteiger partial charge on any atom is 0.281 e. The zero-order chi connectivity index (χ0) is 24.2. The van der Waals surface area contributed by atoms with Gasteiger partial charge in [0.15, 0.2) is 5.82 Å². The lowest BCUT2D eigenvalue weighted by atomic mass is 10.1. The number of benzene rings is 1. The Morgan fingerprint density at radius 1 is 1.32 bits per heavy atom. The third-order valence-electron chi connectivity index (χ3n) is 5.76. The molecule has 1 N–H and O–H groups in total. The molecule has 0 amide bonds. The second-order valence-electron chi connectivity index (χ2n) is 8.50. The number of nitrogens with zero attached hydrogens (tertiary/aromatic N) is 7. The second-order valence-corrected chi connectivity index (χ2v) is 8.50. The average molecular weight is 478 g/mol. The summed E-state index contributed by atoms with van der Waals surface area (Å²) in [5.74, 6) is -3.69. The van der Waals surface area contributed by atoms with Gasteiger partial charge in [-0.25, -0.2) is 26.8 Å². The van der Waals surface area contributed by atoms with E-state index in [2.05, 4.69) is 25.7 Å². The van der Waals surface area contributed by atoms with Gasteiger partial charge >= 0.3 is 0 Å². The van der Waals surface area contributed by atoms with Crippen LogP contribution in [0.5, 0.6) is 5.88 Å². The number of aromatic nitrogens is 6. The maximum absolute atomic E-state index is 15.2. The molecule has 0 spiro atoms. The highest BCUT2D eigenvalue weighted by molar-refractivity contribution is 5.89. The minimum absolute atomic E-state index is 0.00138. The van der Waals surface area contributed by atoms with Gasteiger partial charge in [0.05, 0.1) is 37.5 Å². The molecule has 3 aromatic heterocycles. The second kappa shape index (κ2) is 8.08. The first-order chi connectivity index (χ1) is 16.2. The molecule has 0 bridgehead atoms. The van der Waals surface area contributed by atoms with Gasteiger partial charge in [-0.3, -0.25) is 4.90 Å². The van der Waals surface area contributed by atoms with Crippen molar-refractivity contribution in [3.63, 3.8) is 0 Å². The molecule has 1 aliphatic heterocycles. The summed E-state index contributed by atoms with van der Waals surface area (Å²) in [4.78, 5) is 5.72. The van der Waals surface area contributed by atoms with Gasteiger partial charge in [-0.15, -0.1) is 10.2 Å². The Hall–Kier alpha value is -3.48. The molecule has 9 nitrogen and oxygen atoms in total. The monoisotopic (exact) mass is 478 g/mol. The normalized spacial score (nSPS) is 19.2. The van der Waals surface area contributed by atoms with Gasteiger partial charge in [0.2, 0.25) is 11.8 Å². The van der Waals surface area contributed by atoms with Crippen molar-refractivity contribution >= 4 is 22.5 Å². The van der Waals surface area contributed by atoms with Crippen LogP contribution in [0.3, 0.4) is 0 Å². The van der Waals surface area contributed by atoms with Crippen LogP contribution >= 0.6 is 0 Å². The number of methoxy groups -OCH3 is 1. The lowest BCUT2D eigenvalue weighted by Gasteiger charge is -2.19. The Bertz CT molecular complexity index is 1370. The van der Waals surface area contributed by atoms with E-state index in [9.17, 15) is 13.2 Å². The first kappa shape index (κ1) is 22.3. The van der Waals surface area contributed by atoms with Gasteiger partial charge in [-0.1, -0.05) is 11.3 Å². The number of likely N-dealkylation sites (tertiary alicyclic amines) is 1. The highest BCUT2D eigenvalue weighted by Gasteiger charge is 2.47. The summed E-state index contributed by atoms with van der Waals surface area (Å²) in [6.45, 7) is 1.12. The van der Waals surface area contributed by atoms with E-state index in [-0.39, 0.29) is 42.5 Å². The molecule has 5 rings (SSSR count). The largest absolute Gasteiger partial charge is 0.479 e. The number of halogens is 4. The van der Waals surface area contributed by atoms with E-state index in [0.717, 1.165) is 6.20 Å². The third-order valence-corrected chi connectivity index (χ3v) is 5.76. The first-order valence-electron chi connectivity index (χ1n) is 10.6. The molecule has 180 valence electrons. The molecule has 1 aromatic carbocycles. The zero-order valence-electron chi connectivity index (χ0n) is 18.6. The van der Waals surface area contributed by atoms with Crippen molar-refractivity contribution in [2.24, 2.45) is 0 Å². The highest BCUT2D eigenvalue weighted by Crippen LogP contribution is 2.36. The molecule has 4 aromatic rings. The number of hydrogen-bond donors (Lipinski definition) is 1. The van der Waals surface area contributed by atoms with E-state index in [1.165, 1.54) is 28.1 Å². The van der Waals surface area contributed by atoms with Crippen molar-refractivity contribution in [2.75, 3.05) is 32.6 Å². The van der Waals surface area contributed by atoms with Crippen LogP contribution < -0.4 is 10.1 Å². The quantitative estimate of drug-likeness (QED) is 0.427. The van der Waals surface area contributed by atoms with Crippen LogP contribution in [0.1, 0.15) is 6.92 Å². The van der Waals surface area contributed by atoms with Crippen LogP contribution in [0.2, 0.25) is 0 Å². The van der Waals surface area contributed by atoms with Crippen molar-refractivity contribution in [3.05, 3.63) is 30.2 Å². The Morgan fingerprint density at radius 2 is 2.12 bits per heavy atom. The van der Waals surface area contributed by atoms with Gasteiger partial charge in [-0.2, -0.15) is 4.98 Å². The predicted molar refractivity (Wildman–Crippen MR) is 116 cm³/mol. The van der Waals surface area contributed by atoms with Crippen LogP contribution in [-0.2, 0) is 6.54 Å². The molecular formula is C21H22F4N8O. The summed E-state index contributed by atoms with van der Waals surface area (Å²) >= 11 is 0. The van der Waals surface area contributed by atoms with Gasteiger partial charge in [0.1, 0.15) is 23.2 Å². The third kappa shape index (κ3) is 3.79. The molecule has 1 aliphatic rings. The zero-order valence-corrected chi connectivity index (χ0v) is 18.6. The lowest BCUT2D eigenvalue weighted by molar-refractivity contribution is 0.00583. The number of likely N-dealkylation sites (N-methyl/N-ethyl adjacent to an activating group) is 1. The number of fused-ring (bicyclic) bond motifs is 2. The highest BCUT2D eigenvalue weighted by atomic mass is 19.3. The topological polar surface area (TPSA) is 85.4 Å². The summed E-state index contributed by atoms with van der Waals surface area (Å²) in [7, 11) is 2.95.